The molecule has 0 spiro atoms. The van der Waals surface area contributed by atoms with Gasteiger partial charge in [0, 0.05) is 37.5 Å². The third kappa shape index (κ3) is 6.12. The van der Waals surface area contributed by atoms with Crippen molar-refractivity contribution in [2.75, 3.05) is 19.9 Å². The van der Waals surface area contributed by atoms with E-state index in [-0.39, 0.29) is 30.4 Å². The number of piperidine rings is 1. The second-order valence-electron chi connectivity index (χ2n) is 9.20. The molecule has 0 unspecified atom stereocenters. The Morgan fingerprint density at radius 2 is 1.87 bits per heavy atom. The fourth-order valence-electron chi connectivity index (χ4n) is 4.65. The molecule has 1 aromatic rings. The highest BCUT2D eigenvalue weighted by Crippen LogP contribution is 2.32. The largest absolute Gasteiger partial charge is 0.454 e. The number of fused-ring (bicyclic) bond motifs is 1. The maximum absolute atomic E-state index is 13.3. The molecule has 2 aliphatic heterocycles. The van der Waals surface area contributed by atoms with E-state index < -0.39 is 0 Å². The number of nitrogens with two attached hydrogens (primary N) is 1. The molecule has 0 aliphatic carbocycles. The van der Waals surface area contributed by atoms with Crippen LogP contribution in [0.4, 0.5) is 0 Å². The summed E-state index contributed by atoms with van der Waals surface area (Å²) in [5.74, 6) is 1.00. The lowest BCUT2D eigenvalue weighted by Gasteiger charge is -2.36. The van der Waals surface area contributed by atoms with Crippen LogP contribution in [0.2, 0.25) is 0 Å². The number of likely N-dealkylation sites (tertiary alicyclic amines) is 1. The molecule has 2 amide bonds. The number of ether oxygens (including phenoxy) is 2. The van der Waals surface area contributed by atoms with Crippen molar-refractivity contribution in [3.63, 3.8) is 0 Å². The SMILES string of the molecule is CCC[C@H](C(N)=O)[C@@H](CC(C)C)C(=O)N1CCC(NCc2ccc3c(c2)OCO3)CC1. The molecule has 3 rings (SSSR count). The molecule has 1 saturated heterocycles. The smallest absolute Gasteiger partial charge is 0.231 e. The van der Waals surface area contributed by atoms with Gasteiger partial charge in [-0.15, -0.1) is 0 Å². The third-order valence-corrected chi connectivity index (χ3v) is 6.33. The van der Waals surface area contributed by atoms with Crippen LogP contribution in [-0.4, -0.2) is 42.6 Å². The van der Waals surface area contributed by atoms with Crippen LogP contribution in [0, 0.1) is 17.8 Å². The summed E-state index contributed by atoms with van der Waals surface area (Å²) in [6, 6.07) is 6.37. The van der Waals surface area contributed by atoms with Crippen LogP contribution in [0.3, 0.4) is 0 Å². The summed E-state index contributed by atoms with van der Waals surface area (Å²) in [6.07, 6.45) is 4.03. The lowest BCUT2D eigenvalue weighted by atomic mass is 9.81. The zero-order valence-electron chi connectivity index (χ0n) is 19.1. The monoisotopic (exact) mass is 431 g/mol. The van der Waals surface area contributed by atoms with Crippen LogP contribution < -0.4 is 20.5 Å². The lowest BCUT2D eigenvalue weighted by Crippen LogP contribution is -2.49. The summed E-state index contributed by atoms with van der Waals surface area (Å²) >= 11 is 0. The van der Waals surface area contributed by atoms with Crippen molar-refractivity contribution >= 4 is 11.8 Å². The van der Waals surface area contributed by atoms with E-state index in [4.69, 9.17) is 15.2 Å². The first-order chi connectivity index (χ1) is 14.9. The van der Waals surface area contributed by atoms with Gasteiger partial charge in [-0.2, -0.15) is 0 Å². The van der Waals surface area contributed by atoms with Crippen molar-refractivity contribution in [2.24, 2.45) is 23.5 Å². The van der Waals surface area contributed by atoms with Gasteiger partial charge in [0.1, 0.15) is 0 Å². The minimum atomic E-state index is -0.373. The summed E-state index contributed by atoms with van der Waals surface area (Å²) in [6.45, 7) is 8.68. The Balaban J connectivity index is 1.53. The molecule has 1 aromatic carbocycles. The van der Waals surface area contributed by atoms with Gasteiger partial charge in [0.05, 0.1) is 0 Å². The fraction of sp³-hybridized carbons (Fsp3) is 0.667. The summed E-state index contributed by atoms with van der Waals surface area (Å²) in [7, 11) is 0. The molecule has 172 valence electrons. The Morgan fingerprint density at radius 3 is 2.52 bits per heavy atom. The number of primary amides is 1. The Labute approximate surface area is 185 Å². The summed E-state index contributed by atoms with van der Waals surface area (Å²) in [4.78, 5) is 27.3. The van der Waals surface area contributed by atoms with Gasteiger partial charge in [-0.3, -0.25) is 9.59 Å². The van der Waals surface area contributed by atoms with Gasteiger partial charge >= 0.3 is 0 Å². The van der Waals surface area contributed by atoms with Gasteiger partial charge in [-0.25, -0.2) is 0 Å². The predicted octanol–water partition coefficient (Wildman–Crippen LogP) is 3.06. The Bertz CT molecular complexity index is 759. The van der Waals surface area contributed by atoms with Crippen LogP contribution >= 0.6 is 0 Å². The van der Waals surface area contributed by atoms with Crippen molar-refractivity contribution in [2.45, 2.75) is 65.5 Å². The quantitative estimate of drug-likeness (QED) is 0.594. The molecular formula is C24H37N3O4. The highest BCUT2D eigenvalue weighted by molar-refractivity contribution is 5.87. The van der Waals surface area contributed by atoms with E-state index >= 15 is 0 Å². The molecule has 2 heterocycles. The molecule has 0 radical (unpaired) electrons. The summed E-state index contributed by atoms with van der Waals surface area (Å²) < 4.78 is 10.8. The van der Waals surface area contributed by atoms with E-state index in [1.165, 1.54) is 0 Å². The van der Waals surface area contributed by atoms with Gasteiger partial charge in [0.25, 0.3) is 0 Å². The minimum absolute atomic E-state index is 0.0974. The molecule has 7 heteroatoms. The molecule has 1 fully saturated rings. The van der Waals surface area contributed by atoms with Crippen molar-refractivity contribution in [3.05, 3.63) is 23.8 Å². The molecule has 0 bridgehead atoms. The first-order valence-corrected chi connectivity index (χ1v) is 11.6. The molecule has 31 heavy (non-hydrogen) atoms. The van der Waals surface area contributed by atoms with E-state index in [1.807, 2.05) is 30.0 Å². The number of nitrogens with one attached hydrogen (secondary N) is 1. The Morgan fingerprint density at radius 1 is 1.16 bits per heavy atom. The number of hydrogen-bond acceptors (Lipinski definition) is 5. The average molecular weight is 432 g/mol. The topological polar surface area (TPSA) is 93.9 Å². The molecule has 0 saturated carbocycles. The summed E-state index contributed by atoms with van der Waals surface area (Å²) in [5.41, 5.74) is 6.84. The van der Waals surface area contributed by atoms with E-state index in [9.17, 15) is 9.59 Å². The maximum atomic E-state index is 13.3. The highest BCUT2D eigenvalue weighted by atomic mass is 16.7. The minimum Gasteiger partial charge on any atom is -0.454 e. The van der Waals surface area contributed by atoms with Crippen molar-refractivity contribution in [1.29, 1.82) is 0 Å². The number of benzene rings is 1. The van der Waals surface area contributed by atoms with Crippen LogP contribution in [0.1, 0.15) is 58.4 Å². The maximum Gasteiger partial charge on any atom is 0.231 e. The zero-order valence-corrected chi connectivity index (χ0v) is 19.1. The first-order valence-electron chi connectivity index (χ1n) is 11.6. The molecular weight excluding hydrogens is 394 g/mol. The second kappa shape index (κ2) is 10.8. The van der Waals surface area contributed by atoms with Crippen LogP contribution in [0.25, 0.3) is 0 Å². The number of carbonyl (C=O) groups is 2. The molecule has 2 atom stereocenters. The molecule has 7 nitrogen and oxygen atoms in total. The van der Waals surface area contributed by atoms with Crippen molar-refractivity contribution < 1.29 is 19.1 Å². The number of carbonyl (C=O) groups excluding carboxylic acids is 2. The van der Waals surface area contributed by atoms with E-state index in [1.54, 1.807) is 0 Å². The number of nitrogens with zero attached hydrogens (tertiary/aromatic N) is 1. The molecule has 0 aromatic heterocycles. The average Bonchev–Trinajstić information content (AvgIpc) is 3.22. The molecule has 2 aliphatic rings. The van der Waals surface area contributed by atoms with Crippen LogP contribution in [0.15, 0.2) is 18.2 Å². The fourth-order valence-corrected chi connectivity index (χ4v) is 4.65. The van der Waals surface area contributed by atoms with Crippen LogP contribution in [0.5, 0.6) is 11.5 Å². The van der Waals surface area contributed by atoms with Gasteiger partial charge in [0.15, 0.2) is 11.5 Å². The normalized spacial score (nSPS) is 18.3. The zero-order chi connectivity index (χ0) is 22.4. The van der Waals surface area contributed by atoms with Gasteiger partial charge < -0.3 is 25.4 Å². The van der Waals surface area contributed by atoms with Crippen LogP contribution in [-0.2, 0) is 16.1 Å². The lowest BCUT2D eigenvalue weighted by molar-refractivity contribution is -0.143. The van der Waals surface area contributed by atoms with E-state index in [2.05, 4.69) is 19.2 Å². The van der Waals surface area contributed by atoms with Crippen molar-refractivity contribution in [3.8, 4) is 11.5 Å². The van der Waals surface area contributed by atoms with E-state index in [0.29, 0.717) is 37.9 Å². The standard InChI is InChI=1S/C24H37N3O4/c1-4-5-19(23(25)28)20(12-16(2)3)24(29)27-10-8-18(9-11-27)26-14-17-6-7-21-22(13-17)31-15-30-21/h6-7,13,16,18-20,26H,4-5,8-12,14-15H2,1-3H3,(H2,25,28)/t19-,20+/m0/s1. The Kier molecular flexibility index (Phi) is 8.18. The third-order valence-electron chi connectivity index (χ3n) is 6.33. The summed E-state index contributed by atoms with van der Waals surface area (Å²) in [5, 5.41) is 3.60. The van der Waals surface area contributed by atoms with Gasteiger partial charge in [-0.05, 0) is 49.3 Å². The van der Waals surface area contributed by atoms with E-state index in [0.717, 1.165) is 42.9 Å². The van der Waals surface area contributed by atoms with Gasteiger partial charge in [0.2, 0.25) is 18.6 Å². The Hall–Kier alpha value is -2.28. The number of hydrogen-bond donors (Lipinski definition) is 2. The predicted molar refractivity (Wildman–Crippen MR) is 120 cm³/mol. The molecule has 3 N–H and O–H groups in total. The van der Waals surface area contributed by atoms with Crippen molar-refractivity contribution in [1.82, 2.24) is 10.2 Å². The highest BCUT2D eigenvalue weighted by Gasteiger charge is 2.36. The number of rotatable bonds is 10. The number of amides is 2. The second-order valence-corrected chi connectivity index (χ2v) is 9.20. The first kappa shape index (κ1) is 23.4. The van der Waals surface area contributed by atoms with Gasteiger partial charge in [-0.1, -0.05) is 33.3 Å².